The Labute approximate surface area is 162 Å². The Hall–Kier alpha value is -2.83. The van der Waals surface area contributed by atoms with E-state index in [-0.39, 0.29) is 11.4 Å². The van der Waals surface area contributed by atoms with Crippen molar-refractivity contribution in [3.8, 4) is 17.2 Å². The van der Waals surface area contributed by atoms with Gasteiger partial charge >= 0.3 is 0 Å². The number of H-pyrrole nitrogens is 1. The highest BCUT2D eigenvalue weighted by Gasteiger charge is 2.18. The smallest absolute Gasteiger partial charge is 0.252 e. The van der Waals surface area contributed by atoms with Crippen molar-refractivity contribution in [2.75, 3.05) is 0 Å². The number of nitrogens with one attached hydrogen (secondary N) is 1. The lowest BCUT2D eigenvalue weighted by atomic mass is 9.86. The molecular formula is C21H24FN5O. The third kappa shape index (κ3) is 4.03. The molecule has 1 N–H and O–H groups in total. The normalized spacial score (nSPS) is 15.1. The molecule has 6 nitrogen and oxygen atoms in total. The summed E-state index contributed by atoms with van der Waals surface area (Å²) in [7, 11) is 0. The van der Waals surface area contributed by atoms with Crippen LogP contribution in [-0.4, -0.2) is 24.7 Å². The third-order valence-corrected chi connectivity index (χ3v) is 5.46. The van der Waals surface area contributed by atoms with Gasteiger partial charge in [0.05, 0.1) is 6.33 Å². The quantitative estimate of drug-likeness (QED) is 0.725. The van der Waals surface area contributed by atoms with E-state index in [2.05, 4.69) is 20.1 Å². The fourth-order valence-electron chi connectivity index (χ4n) is 3.82. The lowest BCUT2D eigenvalue weighted by Gasteiger charge is -2.20. The molecule has 1 saturated carbocycles. The molecule has 146 valence electrons. The summed E-state index contributed by atoms with van der Waals surface area (Å²) in [6, 6.07) is 6.36. The van der Waals surface area contributed by atoms with Crippen molar-refractivity contribution >= 4 is 0 Å². The first-order valence-electron chi connectivity index (χ1n) is 9.88. The number of benzene rings is 1. The Balaban J connectivity index is 1.68. The first-order chi connectivity index (χ1) is 13.6. The van der Waals surface area contributed by atoms with Crippen LogP contribution in [0.25, 0.3) is 17.2 Å². The molecule has 1 aliphatic rings. The molecule has 4 rings (SSSR count). The summed E-state index contributed by atoms with van der Waals surface area (Å²) in [6.45, 7) is 1.72. The summed E-state index contributed by atoms with van der Waals surface area (Å²) < 4.78 is 15.7. The highest BCUT2D eigenvalue weighted by molar-refractivity contribution is 5.58. The molecule has 3 aromatic rings. The molecule has 0 spiro atoms. The van der Waals surface area contributed by atoms with E-state index in [0.29, 0.717) is 28.6 Å². The lowest BCUT2D eigenvalue weighted by molar-refractivity contribution is 0.337. The number of halogens is 1. The Morgan fingerprint density at radius 1 is 1.21 bits per heavy atom. The van der Waals surface area contributed by atoms with Crippen molar-refractivity contribution < 1.29 is 4.39 Å². The van der Waals surface area contributed by atoms with Crippen LogP contribution in [-0.2, 0) is 6.42 Å². The van der Waals surface area contributed by atoms with E-state index >= 15 is 0 Å². The van der Waals surface area contributed by atoms with E-state index in [4.69, 9.17) is 0 Å². The number of aryl methyl sites for hydroxylation is 2. The minimum absolute atomic E-state index is 0.273. The van der Waals surface area contributed by atoms with Crippen molar-refractivity contribution in [3.05, 3.63) is 58.2 Å². The number of rotatable bonds is 5. The number of nitrogens with zero attached hydrogens (tertiary/aromatic N) is 4. The zero-order valence-electron chi connectivity index (χ0n) is 16.0. The van der Waals surface area contributed by atoms with Crippen LogP contribution in [0.1, 0.15) is 49.9 Å². The maximum Gasteiger partial charge on any atom is 0.252 e. The molecule has 0 bridgehead atoms. The maximum absolute atomic E-state index is 14.1. The van der Waals surface area contributed by atoms with Crippen molar-refractivity contribution in [2.45, 2.75) is 51.9 Å². The number of aromatic nitrogens is 5. The van der Waals surface area contributed by atoms with E-state index in [9.17, 15) is 9.18 Å². The minimum Gasteiger partial charge on any atom is -0.313 e. The van der Waals surface area contributed by atoms with Crippen LogP contribution >= 0.6 is 0 Å². The molecule has 0 saturated heterocycles. The maximum atomic E-state index is 14.1. The van der Waals surface area contributed by atoms with Crippen LogP contribution in [0.4, 0.5) is 4.39 Å². The zero-order valence-corrected chi connectivity index (χ0v) is 16.0. The number of hydrogen-bond acceptors (Lipinski definition) is 4. The molecule has 1 fully saturated rings. The van der Waals surface area contributed by atoms with Crippen LogP contribution in [0.3, 0.4) is 0 Å². The van der Waals surface area contributed by atoms with E-state index < -0.39 is 0 Å². The Morgan fingerprint density at radius 3 is 2.79 bits per heavy atom. The van der Waals surface area contributed by atoms with Gasteiger partial charge in [0.25, 0.3) is 5.56 Å². The van der Waals surface area contributed by atoms with E-state index in [0.717, 1.165) is 18.8 Å². The van der Waals surface area contributed by atoms with Crippen LogP contribution in [0, 0.1) is 18.7 Å². The summed E-state index contributed by atoms with van der Waals surface area (Å²) in [6.07, 6.45) is 9.63. The second kappa shape index (κ2) is 8.04. The van der Waals surface area contributed by atoms with Crippen LogP contribution < -0.4 is 5.56 Å². The highest BCUT2D eigenvalue weighted by Crippen LogP contribution is 2.28. The van der Waals surface area contributed by atoms with Crippen molar-refractivity contribution in [3.63, 3.8) is 0 Å². The topological polar surface area (TPSA) is 76.5 Å². The predicted molar refractivity (Wildman–Crippen MR) is 105 cm³/mol. The average molecular weight is 381 g/mol. The van der Waals surface area contributed by atoms with Gasteiger partial charge in [-0.2, -0.15) is 4.68 Å². The van der Waals surface area contributed by atoms with E-state index in [1.54, 1.807) is 13.0 Å². The third-order valence-electron chi connectivity index (χ3n) is 5.46. The lowest BCUT2D eigenvalue weighted by Crippen LogP contribution is -2.11. The van der Waals surface area contributed by atoms with E-state index in [1.807, 2.05) is 6.07 Å². The second-order valence-electron chi connectivity index (χ2n) is 7.54. The summed E-state index contributed by atoms with van der Waals surface area (Å²) in [5.74, 6) is 1.99. The summed E-state index contributed by atoms with van der Waals surface area (Å²) in [4.78, 5) is 23.1. The predicted octanol–water partition coefficient (Wildman–Crippen LogP) is 3.98. The Kier molecular flexibility index (Phi) is 5.32. The van der Waals surface area contributed by atoms with Gasteiger partial charge < -0.3 is 4.98 Å². The molecule has 2 heterocycles. The average Bonchev–Trinajstić information content (AvgIpc) is 3.14. The molecule has 0 amide bonds. The van der Waals surface area contributed by atoms with Gasteiger partial charge in [-0.1, -0.05) is 44.2 Å². The largest absolute Gasteiger partial charge is 0.313 e. The molecule has 0 atom stereocenters. The van der Waals surface area contributed by atoms with Crippen LogP contribution in [0.2, 0.25) is 0 Å². The first kappa shape index (κ1) is 18.5. The van der Waals surface area contributed by atoms with Gasteiger partial charge in [0.2, 0.25) is 0 Å². The highest BCUT2D eigenvalue weighted by atomic mass is 19.1. The SMILES string of the molecule is Cc1ccc(-c2nc(CCC3CCCCC3)nn2-c2cc(=O)[nH]cn2)cc1F. The zero-order chi connectivity index (χ0) is 19.5. The molecule has 0 radical (unpaired) electrons. The molecule has 7 heteroatoms. The van der Waals surface area contributed by atoms with Crippen LogP contribution in [0.15, 0.2) is 35.4 Å². The number of hydrogen-bond donors (Lipinski definition) is 1. The van der Waals surface area contributed by atoms with Crippen molar-refractivity contribution in [1.29, 1.82) is 0 Å². The Bertz CT molecular complexity index is 1020. The van der Waals surface area contributed by atoms with Gasteiger partial charge in [-0.3, -0.25) is 4.79 Å². The molecule has 1 aliphatic carbocycles. The number of aromatic amines is 1. The summed E-state index contributed by atoms with van der Waals surface area (Å²) in [5.41, 5.74) is 0.911. The van der Waals surface area contributed by atoms with Gasteiger partial charge in [-0.05, 0) is 30.9 Å². The van der Waals surface area contributed by atoms with Crippen LogP contribution in [0.5, 0.6) is 0 Å². The van der Waals surface area contributed by atoms with Gasteiger partial charge in [0.15, 0.2) is 17.5 Å². The van der Waals surface area contributed by atoms with Gasteiger partial charge in [0, 0.05) is 18.1 Å². The molecule has 0 unspecified atom stereocenters. The minimum atomic E-state index is -0.297. The molecule has 1 aromatic carbocycles. The Morgan fingerprint density at radius 2 is 2.04 bits per heavy atom. The second-order valence-corrected chi connectivity index (χ2v) is 7.54. The molecule has 0 aliphatic heterocycles. The molecule has 28 heavy (non-hydrogen) atoms. The first-order valence-corrected chi connectivity index (χ1v) is 9.88. The van der Waals surface area contributed by atoms with Gasteiger partial charge in [-0.25, -0.2) is 14.4 Å². The molecular weight excluding hydrogens is 357 g/mol. The fourth-order valence-corrected chi connectivity index (χ4v) is 3.82. The fraction of sp³-hybridized carbons (Fsp3) is 0.429. The van der Waals surface area contributed by atoms with Crippen molar-refractivity contribution in [1.82, 2.24) is 24.7 Å². The molecule has 2 aromatic heterocycles. The summed E-state index contributed by atoms with van der Waals surface area (Å²) >= 11 is 0. The van der Waals surface area contributed by atoms with Crippen molar-refractivity contribution in [2.24, 2.45) is 5.92 Å². The van der Waals surface area contributed by atoms with Gasteiger partial charge in [0.1, 0.15) is 5.82 Å². The van der Waals surface area contributed by atoms with E-state index in [1.165, 1.54) is 55.2 Å². The summed E-state index contributed by atoms with van der Waals surface area (Å²) in [5, 5.41) is 4.60. The standard InChI is InChI=1S/C21H24FN5O/c1-14-7-9-16(11-17(14)22)21-25-18(10-8-15-5-3-2-4-6-15)26-27(21)19-12-20(28)24-13-23-19/h7,9,11-13,15H,2-6,8,10H2,1H3,(H,23,24,28). The monoisotopic (exact) mass is 381 g/mol. The van der Waals surface area contributed by atoms with Gasteiger partial charge in [-0.15, -0.1) is 5.10 Å².